The van der Waals surface area contributed by atoms with Gasteiger partial charge in [0.2, 0.25) is 0 Å². The molecule has 0 radical (unpaired) electrons. The highest BCUT2D eigenvalue weighted by atomic mass is 32.1. The van der Waals surface area contributed by atoms with Crippen molar-refractivity contribution in [2.45, 2.75) is 0 Å². The number of aromatic nitrogens is 4. The highest BCUT2D eigenvalue weighted by Gasteiger charge is 2.00. The molecule has 5 heteroatoms. The van der Waals surface area contributed by atoms with Crippen LogP contribution in [0.1, 0.15) is 11.5 Å². The van der Waals surface area contributed by atoms with Gasteiger partial charge < -0.3 is 0 Å². The Kier molecular flexibility index (Phi) is 2.23. The minimum atomic E-state index is 0.720. The van der Waals surface area contributed by atoms with Gasteiger partial charge >= 0.3 is 0 Å². The zero-order chi connectivity index (χ0) is 10.8. The van der Waals surface area contributed by atoms with E-state index < -0.39 is 0 Å². The maximum absolute atomic E-state index is 4.23. The van der Waals surface area contributed by atoms with Crippen molar-refractivity contribution >= 4 is 34.6 Å². The molecule has 3 rings (SSSR count). The van der Waals surface area contributed by atoms with Gasteiger partial charge in [0.1, 0.15) is 5.51 Å². The second kappa shape index (κ2) is 3.86. The molecule has 0 aliphatic rings. The van der Waals surface area contributed by atoms with Crippen LogP contribution in [0.25, 0.3) is 23.1 Å². The number of hydrogen-bond donors (Lipinski definition) is 1. The van der Waals surface area contributed by atoms with Gasteiger partial charge in [-0.25, -0.2) is 4.98 Å². The van der Waals surface area contributed by atoms with Crippen molar-refractivity contribution in [1.82, 2.24) is 19.6 Å². The third-order valence-corrected chi connectivity index (χ3v) is 2.76. The molecule has 2 aromatic heterocycles. The lowest BCUT2D eigenvalue weighted by Gasteiger charge is -1.87. The summed E-state index contributed by atoms with van der Waals surface area (Å²) < 4.78 is 4.10. The van der Waals surface area contributed by atoms with Crippen molar-refractivity contribution in [1.29, 1.82) is 0 Å². The quantitative estimate of drug-likeness (QED) is 0.733. The van der Waals surface area contributed by atoms with E-state index in [9.17, 15) is 0 Å². The molecule has 16 heavy (non-hydrogen) atoms. The maximum Gasteiger partial charge on any atom is 0.165 e. The van der Waals surface area contributed by atoms with E-state index in [2.05, 4.69) is 19.6 Å². The molecule has 0 saturated heterocycles. The van der Waals surface area contributed by atoms with Gasteiger partial charge in [-0.2, -0.15) is 9.47 Å². The molecule has 2 heterocycles. The molecule has 0 fully saturated rings. The smallest absolute Gasteiger partial charge is 0.165 e. The lowest BCUT2D eigenvalue weighted by molar-refractivity contribution is 1.11. The van der Waals surface area contributed by atoms with Gasteiger partial charge in [0.05, 0.1) is 11.2 Å². The third kappa shape index (κ3) is 1.61. The molecule has 1 aromatic carbocycles. The van der Waals surface area contributed by atoms with E-state index in [1.807, 2.05) is 36.4 Å². The van der Waals surface area contributed by atoms with Gasteiger partial charge in [0.25, 0.3) is 0 Å². The topological polar surface area (TPSA) is 54.5 Å². The lowest BCUT2D eigenvalue weighted by Crippen LogP contribution is -1.75. The van der Waals surface area contributed by atoms with Crippen LogP contribution in [0.15, 0.2) is 29.8 Å². The van der Waals surface area contributed by atoms with Crippen molar-refractivity contribution in [3.05, 3.63) is 41.3 Å². The minimum absolute atomic E-state index is 0.720. The third-order valence-electron chi connectivity index (χ3n) is 2.27. The molecule has 0 spiro atoms. The number of H-pyrrole nitrogens is 1. The fourth-order valence-corrected chi connectivity index (χ4v) is 1.94. The fourth-order valence-electron chi connectivity index (χ4n) is 1.52. The summed E-state index contributed by atoms with van der Waals surface area (Å²) in [5.74, 6) is 0.720. The summed E-state index contributed by atoms with van der Waals surface area (Å²) in [5, 5.41) is 8.32. The number of nitrogens with zero attached hydrogens (tertiary/aromatic N) is 3. The van der Waals surface area contributed by atoms with Crippen LogP contribution in [0, 0.1) is 0 Å². The fraction of sp³-hybridized carbons (Fsp3) is 0. The molecule has 78 valence electrons. The van der Waals surface area contributed by atoms with Crippen LogP contribution in [0.3, 0.4) is 0 Å². The first-order chi connectivity index (χ1) is 7.93. The number of fused-ring (bicyclic) bond motifs is 1. The molecule has 0 amide bonds. The number of hydrogen-bond acceptors (Lipinski definition) is 4. The molecule has 3 aromatic rings. The monoisotopic (exact) mass is 228 g/mol. The van der Waals surface area contributed by atoms with E-state index >= 15 is 0 Å². The Bertz CT molecular complexity index is 624. The van der Waals surface area contributed by atoms with E-state index in [1.165, 1.54) is 11.5 Å². The zero-order valence-electron chi connectivity index (χ0n) is 8.29. The Balaban J connectivity index is 2.01. The van der Waals surface area contributed by atoms with Gasteiger partial charge in [-0.1, -0.05) is 18.2 Å². The normalized spacial score (nSPS) is 11.5. The van der Waals surface area contributed by atoms with Gasteiger partial charge in [-0.15, -0.1) is 0 Å². The first-order valence-electron chi connectivity index (χ1n) is 4.81. The van der Waals surface area contributed by atoms with Crippen LogP contribution in [-0.4, -0.2) is 19.6 Å². The second-order valence-corrected chi connectivity index (χ2v) is 3.88. The molecular formula is C11H8N4S. The van der Waals surface area contributed by atoms with Crippen LogP contribution < -0.4 is 0 Å². The molecular weight excluding hydrogens is 220 g/mol. The van der Waals surface area contributed by atoms with Crippen LogP contribution in [-0.2, 0) is 0 Å². The maximum atomic E-state index is 4.23. The largest absolute Gasteiger partial charge is 0.277 e. The van der Waals surface area contributed by atoms with Crippen molar-refractivity contribution in [2.24, 2.45) is 0 Å². The van der Waals surface area contributed by atoms with Crippen molar-refractivity contribution in [3.8, 4) is 0 Å². The van der Waals surface area contributed by atoms with Gasteiger partial charge in [0.15, 0.2) is 5.82 Å². The first-order valence-corrected chi connectivity index (χ1v) is 5.65. The SMILES string of the molecule is C(=C\c1n[nH]c2ccccc12)/c1ncsn1. The van der Waals surface area contributed by atoms with Crippen LogP contribution in [0.4, 0.5) is 0 Å². The summed E-state index contributed by atoms with van der Waals surface area (Å²) in [5.41, 5.74) is 3.65. The zero-order valence-corrected chi connectivity index (χ0v) is 9.11. The predicted octanol–water partition coefficient (Wildman–Crippen LogP) is 2.58. The van der Waals surface area contributed by atoms with Crippen molar-refractivity contribution in [3.63, 3.8) is 0 Å². The highest BCUT2D eigenvalue weighted by molar-refractivity contribution is 7.03. The number of para-hydroxylation sites is 1. The standard InChI is InChI=1S/C11H8N4S/c1-2-4-9-8(3-1)10(14-13-9)5-6-11-12-7-16-15-11/h1-7H,(H,13,14)/b6-5+. The van der Waals surface area contributed by atoms with Gasteiger partial charge in [-0.05, 0) is 29.8 Å². The molecule has 0 aliphatic heterocycles. The summed E-state index contributed by atoms with van der Waals surface area (Å²) in [6.45, 7) is 0. The summed E-state index contributed by atoms with van der Waals surface area (Å²) in [6.07, 6.45) is 3.78. The van der Waals surface area contributed by atoms with E-state index in [4.69, 9.17) is 0 Å². The summed E-state index contributed by atoms with van der Waals surface area (Å²) in [4.78, 5) is 4.08. The number of benzene rings is 1. The molecule has 0 atom stereocenters. The number of aromatic amines is 1. The molecule has 0 bridgehead atoms. The molecule has 4 nitrogen and oxygen atoms in total. The van der Waals surface area contributed by atoms with E-state index in [-0.39, 0.29) is 0 Å². The molecule has 0 saturated carbocycles. The first kappa shape index (κ1) is 9.23. The van der Waals surface area contributed by atoms with E-state index in [0.717, 1.165) is 22.4 Å². The Morgan fingerprint density at radius 3 is 3.00 bits per heavy atom. The van der Waals surface area contributed by atoms with Gasteiger partial charge in [0, 0.05) is 5.39 Å². The summed E-state index contributed by atoms with van der Waals surface area (Å²) in [6, 6.07) is 8.01. The Morgan fingerprint density at radius 1 is 1.19 bits per heavy atom. The molecule has 0 aliphatic carbocycles. The average molecular weight is 228 g/mol. The number of rotatable bonds is 2. The number of nitrogens with one attached hydrogen (secondary N) is 1. The van der Waals surface area contributed by atoms with Crippen molar-refractivity contribution < 1.29 is 0 Å². The van der Waals surface area contributed by atoms with E-state index in [0.29, 0.717) is 0 Å². The predicted molar refractivity (Wildman–Crippen MR) is 64.9 cm³/mol. The van der Waals surface area contributed by atoms with Crippen molar-refractivity contribution in [2.75, 3.05) is 0 Å². The van der Waals surface area contributed by atoms with Gasteiger partial charge in [-0.3, -0.25) is 5.10 Å². The lowest BCUT2D eigenvalue weighted by atomic mass is 10.2. The highest BCUT2D eigenvalue weighted by Crippen LogP contribution is 2.16. The minimum Gasteiger partial charge on any atom is -0.277 e. The van der Waals surface area contributed by atoms with Crippen LogP contribution in [0.5, 0.6) is 0 Å². The average Bonchev–Trinajstić information content (AvgIpc) is 2.96. The Labute approximate surface area is 95.8 Å². The van der Waals surface area contributed by atoms with Crippen LogP contribution >= 0.6 is 11.5 Å². The molecule has 0 unspecified atom stereocenters. The summed E-state index contributed by atoms with van der Waals surface area (Å²) >= 11 is 1.34. The second-order valence-electron chi connectivity index (χ2n) is 3.28. The summed E-state index contributed by atoms with van der Waals surface area (Å²) in [7, 11) is 0. The Morgan fingerprint density at radius 2 is 2.12 bits per heavy atom. The van der Waals surface area contributed by atoms with Crippen LogP contribution in [0.2, 0.25) is 0 Å². The van der Waals surface area contributed by atoms with E-state index in [1.54, 1.807) is 5.51 Å². The molecule has 1 N–H and O–H groups in total. The Hall–Kier alpha value is -2.01.